The topological polar surface area (TPSA) is 68.5 Å². The number of nitrogens with zero attached hydrogens (tertiary/aromatic N) is 3. The molecule has 0 unspecified atom stereocenters. The summed E-state index contributed by atoms with van der Waals surface area (Å²) >= 11 is 0. The molecule has 33 heavy (non-hydrogen) atoms. The number of fused-ring (bicyclic) bond motifs is 1. The number of hydrogen-bond acceptors (Lipinski definition) is 4. The highest BCUT2D eigenvalue weighted by atomic mass is 19.1. The zero-order chi connectivity index (χ0) is 22.8. The number of imidazole rings is 1. The molecule has 1 amide bonds. The van der Waals surface area contributed by atoms with Crippen molar-refractivity contribution in [3.8, 4) is 22.8 Å². The van der Waals surface area contributed by atoms with E-state index in [1.54, 1.807) is 30.5 Å². The van der Waals surface area contributed by atoms with Crippen LogP contribution in [-0.4, -0.2) is 20.3 Å². The first-order valence-corrected chi connectivity index (χ1v) is 10.3. The summed E-state index contributed by atoms with van der Waals surface area (Å²) in [5.74, 6) is 0.977. The van der Waals surface area contributed by atoms with Crippen LogP contribution in [-0.2, 0) is 0 Å². The van der Waals surface area contributed by atoms with E-state index in [2.05, 4.69) is 15.3 Å². The number of aryl methyl sites for hydroxylation is 1. The van der Waals surface area contributed by atoms with Gasteiger partial charge in [0.15, 0.2) is 0 Å². The van der Waals surface area contributed by atoms with E-state index in [-0.39, 0.29) is 11.7 Å². The quantitative estimate of drug-likeness (QED) is 0.372. The van der Waals surface area contributed by atoms with E-state index in [0.717, 1.165) is 17.0 Å². The van der Waals surface area contributed by atoms with Gasteiger partial charge >= 0.3 is 0 Å². The van der Waals surface area contributed by atoms with Crippen LogP contribution in [0.2, 0.25) is 0 Å². The molecule has 0 saturated heterocycles. The van der Waals surface area contributed by atoms with Crippen molar-refractivity contribution in [1.29, 1.82) is 0 Å². The summed E-state index contributed by atoms with van der Waals surface area (Å²) in [6.07, 6.45) is 3.62. The summed E-state index contributed by atoms with van der Waals surface area (Å²) in [5.41, 5.74) is 3.73. The Labute approximate surface area is 189 Å². The van der Waals surface area contributed by atoms with Crippen molar-refractivity contribution in [1.82, 2.24) is 14.4 Å². The number of aromatic nitrogens is 3. The smallest absolute Gasteiger partial charge is 0.255 e. The molecule has 162 valence electrons. The van der Waals surface area contributed by atoms with E-state index in [0.29, 0.717) is 28.5 Å². The Morgan fingerprint density at radius 3 is 2.61 bits per heavy atom. The molecule has 7 heteroatoms. The second-order valence-corrected chi connectivity index (χ2v) is 7.45. The number of carbonyl (C=O) groups is 1. The summed E-state index contributed by atoms with van der Waals surface area (Å²) in [5, 5.41) is 2.93. The molecule has 0 aliphatic rings. The SMILES string of the molecule is Cc1c(-c2cccc(NC(=O)c3cccc(Oc4ccc(F)cc4)c3)c2)nc2ncccn12. The monoisotopic (exact) mass is 438 g/mol. The number of halogens is 1. The molecule has 5 aromatic rings. The lowest BCUT2D eigenvalue weighted by molar-refractivity contribution is 0.102. The Hall–Kier alpha value is -4.52. The maximum atomic E-state index is 13.1. The van der Waals surface area contributed by atoms with Crippen LogP contribution in [0.25, 0.3) is 17.0 Å². The fraction of sp³-hybridized carbons (Fsp3) is 0.0385. The lowest BCUT2D eigenvalue weighted by atomic mass is 10.1. The first kappa shape index (κ1) is 20.4. The molecule has 0 saturated carbocycles. The van der Waals surface area contributed by atoms with Gasteiger partial charge in [0, 0.05) is 34.9 Å². The Bertz CT molecular complexity index is 1460. The summed E-state index contributed by atoms with van der Waals surface area (Å²) < 4.78 is 20.8. The standard InChI is InChI=1S/C26H19FN4O2/c1-17-24(30-26-28-13-4-14-31(17)26)18-5-2-7-21(15-18)29-25(32)19-6-3-8-23(16-19)33-22-11-9-20(27)10-12-22/h2-16H,1H3,(H,29,32). The van der Waals surface area contributed by atoms with Gasteiger partial charge in [0.2, 0.25) is 5.78 Å². The van der Waals surface area contributed by atoms with Crippen LogP contribution in [0.1, 0.15) is 16.1 Å². The fourth-order valence-corrected chi connectivity index (χ4v) is 3.56. The van der Waals surface area contributed by atoms with E-state index in [9.17, 15) is 9.18 Å². The van der Waals surface area contributed by atoms with E-state index in [1.807, 2.05) is 47.9 Å². The Morgan fingerprint density at radius 2 is 1.79 bits per heavy atom. The van der Waals surface area contributed by atoms with Crippen molar-refractivity contribution in [3.63, 3.8) is 0 Å². The van der Waals surface area contributed by atoms with Crippen molar-refractivity contribution in [2.75, 3.05) is 5.32 Å². The average molecular weight is 438 g/mol. The number of benzene rings is 3. The third kappa shape index (κ3) is 4.29. The minimum Gasteiger partial charge on any atom is -0.457 e. The highest BCUT2D eigenvalue weighted by molar-refractivity contribution is 6.04. The highest BCUT2D eigenvalue weighted by Crippen LogP contribution is 2.27. The van der Waals surface area contributed by atoms with Gasteiger partial charge in [-0.1, -0.05) is 18.2 Å². The second kappa shape index (κ2) is 8.55. The normalized spacial score (nSPS) is 10.8. The van der Waals surface area contributed by atoms with Crippen LogP contribution in [0.5, 0.6) is 11.5 Å². The van der Waals surface area contributed by atoms with Crippen molar-refractivity contribution in [2.45, 2.75) is 6.92 Å². The van der Waals surface area contributed by atoms with Gasteiger partial charge in [-0.3, -0.25) is 9.20 Å². The lowest BCUT2D eigenvalue weighted by Crippen LogP contribution is -2.11. The summed E-state index contributed by atoms with van der Waals surface area (Å²) in [7, 11) is 0. The van der Waals surface area contributed by atoms with E-state index in [4.69, 9.17) is 4.74 Å². The molecule has 0 aliphatic carbocycles. The molecule has 0 aliphatic heterocycles. The van der Waals surface area contributed by atoms with Crippen LogP contribution in [0.3, 0.4) is 0 Å². The van der Waals surface area contributed by atoms with Gasteiger partial charge in [-0.25, -0.2) is 14.4 Å². The van der Waals surface area contributed by atoms with Crippen LogP contribution in [0.4, 0.5) is 10.1 Å². The third-order valence-electron chi connectivity index (χ3n) is 5.18. The number of carbonyl (C=O) groups excluding carboxylic acids is 1. The van der Waals surface area contributed by atoms with E-state index >= 15 is 0 Å². The van der Waals surface area contributed by atoms with Crippen LogP contribution >= 0.6 is 0 Å². The van der Waals surface area contributed by atoms with Gasteiger partial charge < -0.3 is 10.1 Å². The van der Waals surface area contributed by atoms with Crippen LogP contribution in [0.15, 0.2) is 91.3 Å². The van der Waals surface area contributed by atoms with E-state index < -0.39 is 0 Å². The van der Waals surface area contributed by atoms with Crippen molar-refractivity contribution < 1.29 is 13.9 Å². The van der Waals surface area contributed by atoms with Crippen LogP contribution < -0.4 is 10.1 Å². The first-order chi connectivity index (χ1) is 16.1. The largest absolute Gasteiger partial charge is 0.457 e. The molecule has 2 aromatic heterocycles. The number of hydrogen-bond donors (Lipinski definition) is 1. The number of rotatable bonds is 5. The van der Waals surface area contributed by atoms with Gasteiger partial charge in [-0.05, 0) is 67.6 Å². The van der Waals surface area contributed by atoms with Crippen LogP contribution in [0, 0.1) is 12.7 Å². The molecule has 0 fully saturated rings. The zero-order valence-corrected chi connectivity index (χ0v) is 17.7. The first-order valence-electron chi connectivity index (χ1n) is 10.3. The number of amides is 1. The zero-order valence-electron chi connectivity index (χ0n) is 17.7. The fourth-order valence-electron chi connectivity index (χ4n) is 3.56. The number of ether oxygens (including phenoxy) is 1. The van der Waals surface area contributed by atoms with E-state index in [1.165, 1.54) is 24.3 Å². The van der Waals surface area contributed by atoms with Gasteiger partial charge in [0.25, 0.3) is 5.91 Å². The molecule has 6 nitrogen and oxygen atoms in total. The Morgan fingerprint density at radius 1 is 0.970 bits per heavy atom. The minimum absolute atomic E-state index is 0.273. The van der Waals surface area contributed by atoms with Gasteiger partial charge in [0.05, 0.1) is 5.69 Å². The molecular formula is C26H19FN4O2. The summed E-state index contributed by atoms with van der Waals surface area (Å²) in [6, 6.07) is 21.9. The predicted octanol–water partition coefficient (Wildman–Crippen LogP) is 5.89. The maximum absolute atomic E-state index is 13.1. The van der Waals surface area contributed by atoms with Crippen molar-refractivity contribution >= 4 is 17.4 Å². The minimum atomic E-state index is -0.340. The predicted molar refractivity (Wildman–Crippen MR) is 124 cm³/mol. The Kier molecular flexibility index (Phi) is 5.28. The lowest BCUT2D eigenvalue weighted by Gasteiger charge is -2.09. The molecule has 0 atom stereocenters. The molecule has 3 aromatic carbocycles. The van der Waals surface area contributed by atoms with Gasteiger partial charge in [-0.15, -0.1) is 0 Å². The number of nitrogens with one attached hydrogen (secondary N) is 1. The molecule has 0 spiro atoms. The second-order valence-electron chi connectivity index (χ2n) is 7.45. The molecule has 1 N–H and O–H groups in total. The molecule has 5 rings (SSSR count). The Balaban J connectivity index is 1.36. The van der Waals surface area contributed by atoms with Gasteiger partial charge in [-0.2, -0.15) is 0 Å². The molecule has 2 heterocycles. The third-order valence-corrected chi connectivity index (χ3v) is 5.18. The highest BCUT2D eigenvalue weighted by Gasteiger charge is 2.13. The average Bonchev–Trinajstić information content (AvgIpc) is 3.18. The number of anilines is 1. The molecule has 0 bridgehead atoms. The van der Waals surface area contributed by atoms with Crippen molar-refractivity contribution in [3.05, 3.63) is 108 Å². The van der Waals surface area contributed by atoms with Crippen molar-refractivity contribution in [2.24, 2.45) is 0 Å². The maximum Gasteiger partial charge on any atom is 0.255 e. The molecule has 0 radical (unpaired) electrons. The summed E-state index contributed by atoms with van der Waals surface area (Å²) in [6.45, 7) is 1.98. The van der Waals surface area contributed by atoms with Gasteiger partial charge in [0.1, 0.15) is 17.3 Å². The molecular weight excluding hydrogens is 419 g/mol. The summed E-state index contributed by atoms with van der Waals surface area (Å²) in [4.78, 5) is 21.8.